The van der Waals surface area contributed by atoms with Crippen molar-refractivity contribution in [2.24, 2.45) is 5.84 Å². The van der Waals surface area contributed by atoms with Gasteiger partial charge in [-0.05, 0) is 35.9 Å². The summed E-state index contributed by atoms with van der Waals surface area (Å²) in [5.41, 5.74) is 11.3. The molecule has 1 unspecified atom stereocenters. The first-order valence-corrected chi connectivity index (χ1v) is 7.13. The molecule has 0 aliphatic carbocycles. The molecule has 0 aliphatic heterocycles. The number of methoxy groups -OCH3 is 2. The summed E-state index contributed by atoms with van der Waals surface area (Å²) in [5.74, 6) is 7.14. The third kappa shape index (κ3) is 3.29. The Hall–Kier alpha value is -1.76. The van der Waals surface area contributed by atoms with E-state index in [-0.39, 0.29) is 6.04 Å². The second-order valence-corrected chi connectivity index (χ2v) is 5.40. The van der Waals surface area contributed by atoms with Crippen molar-refractivity contribution in [3.8, 4) is 11.5 Å². The number of hydrazine groups is 1. The van der Waals surface area contributed by atoms with Gasteiger partial charge in [-0.25, -0.2) is 5.43 Å². The second-order valence-electron chi connectivity index (χ2n) is 4.48. The summed E-state index contributed by atoms with van der Waals surface area (Å²) in [7, 11) is 3.22. The van der Waals surface area contributed by atoms with Gasteiger partial charge in [0, 0.05) is 21.8 Å². The summed E-state index contributed by atoms with van der Waals surface area (Å²) in [5, 5.41) is 0. The molecular weight excluding hydrogens is 334 g/mol. The predicted octanol–water partition coefficient (Wildman–Crippen LogP) is 2.60. The Kier molecular flexibility index (Phi) is 5.06. The SMILES string of the molecule is COc1ccc(C(NN)c2cc(Br)ccc2N)c(OC)c1. The van der Waals surface area contributed by atoms with Crippen LogP contribution in [-0.2, 0) is 0 Å². The molecule has 5 nitrogen and oxygen atoms in total. The number of hydrogen-bond acceptors (Lipinski definition) is 5. The molecule has 2 rings (SSSR count). The first kappa shape index (κ1) is 15.6. The van der Waals surface area contributed by atoms with E-state index >= 15 is 0 Å². The molecule has 1 atom stereocenters. The molecule has 0 aromatic heterocycles. The maximum Gasteiger partial charge on any atom is 0.127 e. The van der Waals surface area contributed by atoms with E-state index in [0.29, 0.717) is 17.2 Å². The average molecular weight is 352 g/mol. The van der Waals surface area contributed by atoms with E-state index in [1.165, 1.54) is 0 Å². The van der Waals surface area contributed by atoms with Crippen LogP contribution in [0, 0.1) is 0 Å². The zero-order valence-corrected chi connectivity index (χ0v) is 13.5. The molecule has 0 bridgehead atoms. The van der Waals surface area contributed by atoms with Gasteiger partial charge in [0.05, 0.1) is 20.3 Å². The number of nitrogens with one attached hydrogen (secondary N) is 1. The predicted molar refractivity (Wildman–Crippen MR) is 87.3 cm³/mol. The molecule has 6 heteroatoms. The molecule has 0 amide bonds. The monoisotopic (exact) mass is 351 g/mol. The van der Waals surface area contributed by atoms with Crippen LogP contribution in [-0.4, -0.2) is 14.2 Å². The fraction of sp³-hybridized carbons (Fsp3) is 0.200. The van der Waals surface area contributed by atoms with Crippen molar-refractivity contribution in [2.75, 3.05) is 20.0 Å². The highest BCUT2D eigenvalue weighted by atomic mass is 79.9. The number of benzene rings is 2. The van der Waals surface area contributed by atoms with Crippen molar-refractivity contribution in [3.63, 3.8) is 0 Å². The van der Waals surface area contributed by atoms with Crippen LogP contribution in [0.25, 0.3) is 0 Å². The number of anilines is 1. The van der Waals surface area contributed by atoms with E-state index in [1.807, 2.05) is 36.4 Å². The standard InChI is InChI=1S/C15H18BrN3O2/c1-20-10-4-5-11(14(8-10)21-2)15(19-18)12-7-9(16)3-6-13(12)17/h3-8,15,19H,17-18H2,1-2H3. The van der Waals surface area contributed by atoms with Gasteiger partial charge < -0.3 is 15.2 Å². The Morgan fingerprint density at radius 2 is 1.81 bits per heavy atom. The van der Waals surface area contributed by atoms with Crippen LogP contribution in [0.4, 0.5) is 5.69 Å². The number of halogens is 1. The van der Waals surface area contributed by atoms with Crippen LogP contribution in [0.1, 0.15) is 17.2 Å². The summed E-state index contributed by atoms with van der Waals surface area (Å²) in [6.45, 7) is 0. The molecule has 5 N–H and O–H groups in total. The number of rotatable bonds is 5. The zero-order valence-electron chi connectivity index (χ0n) is 11.9. The van der Waals surface area contributed by atoms with Crippen molar-refractivity contribution in [3.05, 3.63) is 52.0 Å². The van der Waals surface area contributed by atoms with E-state index in [4.69, 9.17) is 21.1 Å². The van der Waals surface area contributed by atoms with Gasteiger partial charge >= 0.3 is 0 Å². The molecule has 21 heavy (non-hydrogen) atoms. The Labute approximate surface area is 132 Å². The highest BCUT2D eigenvalue weighted by Crippen LogP contribution is 2.35. The van der Waals surface area contributed by atoms with Crippen molar-refractivity contribution in [2.45, 2.75) is 6.04 Å². The van der Waals surface area contributed by atoms with Crippen LogP contribution in [0.5, 0.6) is 11.5 Å². The molecule has 0 radical (unpaired) electrons. The third-order valence-corrected chi connectivity index (χ3v) is 3.77. The first-order valence-electron chi connectivity index (χ1n) is 6.33. The minimum absolute atomic E-state index is 0.289. The topological polar surface area (TPSA) is 82.5 Å². The van der Waals surface area contributed by atoms with Crippen molar-refractivity contribution in [1.29, 1.82) is 0 Å². The lowest BCUT2D eigenvalue weighted by Gasteiger charge is -2.21. The summed E-state index contributed by atoms with van der Waals surface area (Å²) >= 11 is 3.45. The maximum atomic E-state index is 6.07. The fourth-order valence-corrected chi connectivity index (χ4v) is 2.58. The van der Waals surface area contributed by atoms with Gasteiger partial charge in [0.2, 0.25) is 0 Å². The summed E-state index contributed by atoms with van der Waals surface area (Å²) in [6.07, 6.45) is 0. The Bertz CT molecular complexity index is 634. The third-order valence-electron chi connectivity index (χ3n) is 3.28. The molecule has 0 spiro atoms. The molecular formula is C15H18BrN3O2. The summed E-state index contributed by atoms with van der Waals surface area (Å²) in [6, 6.07) is 10.9. The molecule has 0 fully saturated rings. The molecule has 112 valence electrons. The highest BCUT2D eigenvalue weighted by Gasteiger charge is 2.20. The zero-order chi connectivity index (χ0) is 15.4. The van der Waals surface area contributed by atoms with Crippen LogP contribution < -0.4 is 26.5 Å². The van der Waals surface area contributed by atoms with Crippen LogP contribution in [0.3, 0.4) is 0 Å². The first-order chi connectivity index (χ1) is 10.1. The minimum atomic E-state index is -0.289. The molecule has 0 saturated heterocycles. The lowest BCUT2D eigenvalue weighted by atomic mass is 9.97. The van der Waals surface area contributed by atoms with Crippen LogP contribution in [0.2, 0.25) is 0 Å². The van der Waals surface area contributed by atoms with E-state index < -0.39 is 0 Å². The highest BCUT2D eigenvalue weighted by molar-refractivity contribution is 9.10. The number of hydrogen-bond donors (Lipinski definition) is 3. The Morgan fingerprint density at radius 3 is 2.43 bits per heavy atom. The molecule has 2 aromatic rings. The lowest BCUT2D eigenvalue weighted by molar-refractivity contribution is 0.387. The smallest absolute Gasteiger partial charge is 0.127 e. The molecule has 0 heterocycles. The van der Waals surface area contributed by atoms with Crippen molar-refractivity contribution < 1.29 is 9.47 Å². The van der Waals surface area contributed by atoms with Crippen molar-refractivity contribution in [1.82, 2.24) is 5.43 Å². The number of nitrogen functional groups attached to an aromatic ring is 1. The lowest BCUT2D eigenvalue weighted by Crippen LogP contribution is -2.29. The Balaban J connectivity index is 2.53. The largest absolute Gasteiger partial charge is 0.497 e. The molecule has 0 aliphatic rings. The van der Waals surface area contributed by atoms with Crippen molar-refractivity contribution >= 4 is 21.6 Å². The van der Waals surface area contributed by atoms with E-state index in [9.17, 15) is 0 Å². The maximum absolute atomic E-state index is 6.07. The second kappa shape index (κ2) is 6.80. The van der Waals surface area contributed by atoms with Crippen LogP contribution >= 0.6 is 15.9 Å². The van der Waals surface area contributed by atoms with Gasteiger partial charge in [0.1, 0.15) is 11.5 Å². The van der Waals surface area contributed by atoms with Gasteiger partial charge in [0.15, 0.2) is 0 Å². The summed E-state index contributed by atoms with van der Waals surface area (Å²) < 4.78 is 11.6. The normalized spacial score (nSPS) is 12.0. The summed E-state index contributed by atoms with van der Waals surface area (Å²) in [4.78, 5) is 0. The number of ether oxygens (including phenoxy) is 2. The quantitative estimate of drug-likeness (QED) is 0.438. The minimum Gasteiger partial charge on any atom is -0.497 e. The van der Waals surface area contributed by atoms with E-state index in [0.717, 1.165) is 15.6 Å². The van der Waals surface area contributed by atoms with Gasteiger partial charge in [-0.2, -0.15) is 0 Å². The fourth-order valence-electron chi connectivity index (χ4n) is 2.20. The van der Waals surface area contributed by atoms with Crippen LogP contribution in [0.15, 0.2) is 40.9 Å². The Morgan fingerprint density at radius 1 is 1.05 bits per heavy atom. The van der Waals surface area contributed by atoms with Gasteiger partial charge in [-0.1, -0.05) is 15.9 Å². The number of nitrogens with two attached hydrogens (primary N) is 2. The van der Waals surface area contributed by atoms with E-state index in [2.05, 4.69) is 21.4 Å². The van der Waals surface area contributed by atoms with Gasteiger partial charge in [-0.3, -0.25) is 5.84 Å². The van der Waals surface area contributed by atoms with Gasteiger partial charge in [0.25, 0.3) is 0 Å². The van der Waals surface area contributed by atoms with Gasteiger partial charge in [-0.15, -0.1) is 0 Å². The molecule has 0 saturated carbocycles. The molecule has 2 aromatic carbocycles. The average Bonchev–Trinajstić information content (AvgIpc) is 2.51. The van der Waals surface area contributed by atoms with E-state index in [1.54, 1.807) is 14.2 Å².